The van der Waals surface area contributed by atoms with E-state index in [4.69, 9.17) is 4.74 Å². The fraction of sp³-hybridized carbons (Fsp3) is 0.680. The molecule has 2 fully saturated rings. The molecule has 190 valence electrons. The second-order valence-corrected chi connectivity index (χ2v) is 12.5. The Kier molecular flexibility index (Phi) is 7.60. The van der Waals surface area contributed by atoms with Gasteiger partial charge in [-0.3, -0.25) is 9.69 Å². The van der Waals surface area contributed by atoms with Crippen molar-refractivity contribution in [3.63, 3.8) is 0 Å². The minimum atomic E-state index is -2.57. The third kappa shape index (κ3) is 6.71. The van der Waals surface area contributed by atoms with Gasteiger partial charge in [-0.2, -0.15) is 0 Å². The number of hydrogen-bond acceptors (Lipinski definition) is 7. The van der Waals surface area contributed by atoms with E-state index in [0.29, 0.717) is 23.5 Å². The van der Waals surface area contributed by atoms with E-state index in [-0.39, 0.29) is 18.7 Å². The molecule has 3 aliphatic rings. The lowest BCUT2D eigenvalue weighted by atomic mass is 9.81. The molecule has 1 aliphatic heterocycles. The van der Waals surface area contributed by atoms with E-state index in [1.165, 1.54) is 35.5 Å². The van der Waals surface area contributed by atoms with Gasteiger partial charge in [0.05, 0.1) is 17.1 Å². The Balaban J connectivity index is 1.00. The molecule has 0 bridgehead atoms. The van der Waals surface area contributed by atoms with Crippen LogP contribution in [-0.2, 0) is 24.2 Å². The largest absolute Gasteiger partial charge is 0.466 e. The maximum atomic E-state index is 13.0. The number of halogens is 2. The molecule has 5 rings (SSSR count). The quantitative estimate of drug-likeness (QED) is 0.430. The molecule has 10 heteroatoms. The highest BCUT2D eigenvalue weighted by atomic mass is 32.1. The molecular weight excluding hydrogens is 490 g/mol. The Bertz CT molecular complexity index is 1050. The van der Waals surface area contributed by atoms with Gasteiger partial charge in [-0.25, -0.2) is 23.7 Å². The van der Waals surface area contributed by atoms with Crippen LogP contribution < -0.4 is 4.74 Å². The number of carbonyl (C=O) groups is 1. The summed E-state index contributed by atoms with van der Waals surface area (Å²) in [7, 11) is 0. The Morgan fingerprint density at radius 1 is 1.29 bits per heavy atom. The molecule has 0 radical (unpaired) electrons. The van der Waals surface area contributed by atoms with Gasteiger partial charge in [0, 0.05) is 48.1 Å². The number of carbonyl (C=O) groups excluding carboxylic acids is 1. The molecule has 1 amide bonds. The van der Waals surface area contributed by atoms with Crippen molar-refractivity contribution in [3.05, 3.63) is 26.7 Å². The molecule has 0 unspecified atom stereocenters. The zero-order chi connectivity index (χ0) is 24.4. The fourth-order valence-corrected chi connectivity index (χ4v) is 6.92. The molecule has 3 heterocycles. The second kappa shape index (κ2) is 10.7. The summed E-state index contributed by atoms with van der Waals surface area (Å²) in [6, 6.07) is 0. The van der Waals surface area contributed by atoms with Crippen molar-refractivity contribution in [1.29, 1.82) is 0 Å². The summed E-state index contributed by atoms with van der Waals surface area (Å²) in [5, 5.41) is 1.53. The molecule has 6 nitrogen and oxygen atoms in total. The lowest BCUT2D eigenvalue weighted by molar-refractivity contribution is -0.134. The predicted octanol–water partition coefficient (Wildman–Crippen LogP) is 5.48. The first-order chi connectivity index (χ1) is 16.8. The number of fused-ring (bicyclic) bond motifs is 1. The molecule has 2 aromatic heterocycles. The molecule has 0 saturated heterocycles. The monoisotopic (exact) mass is 522 g/mol. The number of aromatic nitrogens is 2. The number of thiazole rings is 2. The van der Waals surface area contributed by atoms with Crippen molar-refractivity contribution in [2.24, 2.45) is 16.8 Å². The normalized spacial score (nSPS) is 24.9. The Morgan fingerprint density at radius 3 is 2.80 bits per heavy atom. The average molecular weight is 523 g/mol. The smallest absolute Gasteiger partial charge is 0.273 e. The molecule has 2 aromatic rings. The van der Waals surface area contributed by atoms with Crippen LogP contribution in [0.3, 0.4) is 0 Å². The van der Waals surface area contributed by atoms with E-state index >= 15 is 0 Å². The third-order valence-electron chi connectivity index (χ3n) is 7.28. The van der Waals surface area contributed by atoms with E-state index in [0.717, 1.165) is 54.5 Å². The maximum absolute atomic E-state index is 13.0. The summed E-state index contributed by atoms with van der Waals surface area (Å²) in [6.07, 6.45) is 9.89. The Morgan fingerprint density at radius 2 is 2.09 bits per heavy atom. The van der Waals surface area contributed by atoms with Gasteiger partial charge < -0.3 is 4.74 Å². The fourth-order valence-electron chi connectivity index (χ4n) is 5.16. The van der Waals surface area contributed by atoms with E-state index < -0.39 is 12.0 Å². The topological polar surface area (TPSA) is 67.7 Å². The van der Waals surface area contributed by atoms with Crippen molar-refractivity contribution >= 4 is 34.8 Å². The number of ether oxygens (including phenoxy) is 1. The summed E-state index contributed by atoms with van der Waals surface area (Å²) in [5.41, 5.74) is 1.06. The van der Waals surface area contributed by atoms with Gasteiger partial charge in [0.15, 0.2) is 0 Å². The SMILES string of the molecule is Cc1ncc(CC(=O)N=CC2CCC(CCN3CCc4sc(OC5CC(F)(F)C5)nc4C3)CC2)s1. The number of hydrogen-bond donors (Lipinski definition) is 0. The number of aliphatic imine (C=N–C) groups is 1. The highest BCUT2D eigenvalue weighted by molar-refractivity contribution is 7.13. The average Bonchev–Trinajstić information content (AvgIpc) is 3.40. The van der Waals surface area contributed by atoms with E-state index in [2.05, 4.69) is 19.9 Å². The van der Waals surface area contributed by atoms with Crippen LogP contribution in [0.2, 0.25) is 0 Å². The Hall–Kier alpha value is -1.78. The van der Waals surface area contributed by atoms with Crippen LogP contribution in [0, 0.1) is 18.8 Å². The summed E-state index contributed by atoms with van der Waals surface area (Å²) in [5.74, 6) is -1.53. The molecule has 0 spiro atoms. The van der Waals surface area contributed by atoms with Crippen LogP contribution >= 0.6 is 22.7 Å². The van der Waals surface area contributed by atoms with Crippen LogP contribution in [0.1, 0.15) is 65.4 Å². The first-order valence-corrected chi connectivity index (χ1v) is 14.2. The first kappa shape index (κ1) is 24.9. The van der Waals surface area contributed by atoms with Crippen molar-refractivity contribution in [2.75, 3.05) is 13.1 Å². The van der Waals surface area contributed by atoms with Crippen LogP contribution in [0.4, 0.5) is 8.78 Å². The number of rotatable bonds is 8. The highest BCUT2D eigenvalue weighted by Gasteiger charge is 2.47. The first-order valence-electron chi connectivity index (χ1n) is 12.5. The van der Waals surface area contributed by atoms with Gasteiger partial charge in [0.2, 0.25) is 0 Å². The lowest BCUT2D eigenvalue weighted by Crippen LogP contribution is -2.43. The van der Waals surface area contributed by atoms with E-state index in [1.54, 1.807) is 17.5 Å². The van der Waals surface area contributed by atoms with Crippen LogP contribution in [0.25, 0.3) is 0 Å². The molecule has 0 aromatic carbocycles. The predicted molar refractivity (Wildman–Crippen MR) is 134 cm³/mol. The summed E-state index contributed by atoms with van der Waals surface area (Å²) in [6.45, 7) is 4.83. The lowest BCUT2D eigenvalue weighted by Gasteiger charge is -2.33. The maximum Gasteiger partial charge on any atom is 0.273 e. The zero-order valence-electron chi connectivity index (χ0n) is 20.0. The summed E-state index contributed by atoms with van der Waals surface area (Å²) < 4.78 is 31.8. The second-order valence-electron chi connectivity index (χ2n) is 10.1. The van der Waals surface area contributed by atoms with E-state index in [1.807, 2.05) is 13.1 Å². The van der Waals surface area contributed by atoms with Gasteiger partial charge in [-0.05, 0) is 63.8 Å². The molecular formula is C25H32F2N4O2S2. The van der Waals surface area contributed by atoms with Crippen LogP contribution in [0.15, 0.2) is 11.2 Å². The highest BCUT2D eigenvalue weighted by Crippen LogP contribution is 2.41. The van der Waals surface area contributed by atoms with Crippen LogP contribution in [-0.4, -0.2) is 52.1 Å². The van der Waals surface area contributed by atoms with Gasteiger partial charge in [-0.1, -0.05) is 11.3 Å². The minimum absolute atomic E-state index is 0.0820. The van der Waals surface area contributed by atoms with Crippen molar-refractivity contribution in [1.82, 2.24) is 14.9 Å². The van der Waals surface area contributed by atoms with Crippen molar-refractivity contribution in [3.8, 4) is 5.19 Å². The summed E-state index contributed by atoms with van der Waals surface area (Å²) in [4.78, 5) is 29.8. The third-order valence-corrected chi connectivity index (χ3v) is 9.24. The van der Waals surface area contributed by atoms with Gasteiger partial charge in [-0.15, -0.1) is 11.3 Å². The standard InChI is InChI=1S/C25H32F2N4O2S2/c1-16-28-14-20(34-16)10-23(32)29-13-18-4-2-17(3-5-18)6-8-31-9-7-22-21(15-31)30-24(35-22)33-19-11-25(26,27)12-19/h13-14,17-19H,2-12,15H2,1H3. The van der Waals surface area contributed by atoms with Gasteiger partial charge in [0.25, 0.3) is 17.0 Å². The van der Waals surface area contributed by atoms with E-state index in [9.17, 15) is 13.6 Å². The van der Waals surface area contributed by atoms with Gasteiger partial charge in [0.1, 0.15) is 6.10 Å². The molecule has 0 N–H and O–H groups in total. The zero-order valence-corrected chi connectivity index (χ0v) is 21.7. The molecule has 2 saturated carbocycles. The number of nitrogens with zero attached hydrogens (tertiary/aromatic N) is 4. The number of alkyl halides is 2. The Labute approximate surface area is 212 Å². The summed E-state index contributed by atoms with van der Waals surface area (Å²) >= 11 is 3.08. The molecule has 0 atom stereocenters. The van der Waals surface area contributed by atoms with Crippen molar-refractivity contribution < 1.29 is 18.3 Å². The molecule has 35 heavy (non-hydrogen) atoms. The van der Waals surface area contributed by atoms with Crippen LogP contribution in [0.5, 0.6) is 5.19 Å². The number of amides is 1. The van der Waals surface area contributed by atoms with Crippen molar-refractivity contribution in [2.45, 2.75) is 83.3 Å². The number of aryl methyl sites for hydroxylation is 1. The minimum Gasteiger partial charge on any atom is -0.466 e. The molecule has 2 aliphatic carbocycles. The van der Waals surface area contributed by atoms with Gasteiger partial charge >= 0.3 is 0 Å².